The van der Waals surface area contributed by atoms with Crippen LogP contribution in [0.4, 0.5) is 10.2 Å². The van der Waals surface area contributed by atoms with Crippen LogP contribution in [0.15, 0.2) is 12.7 Å². The molecule has 2 aromatic heterocycles. The van der Waals surface area contributed by atoms with Crippen molar-refractivity contribution < 1.29 is 22.7 Å². The molecule has 5 atom stereocenters. The van der Waals surface area contributed by atoms with Crippen molar-refractivity contribution in [2.45, 2.75) is 43.5 Å². The third-order valence-corrected chi connectivity index (χ3v) is 6.83. The van der Waals surface area contributed by atoms with Gasteiger partial charge < -0.3 is 19.5 Å². The van der Waals surface area contributed by atoms with Crippen molar-refractivity contribution in [1.29, 1.82) is 0 Å². The third kappa shape index (κ3) is 2.91. The fourth-order valence-electron chi connectivity index (χ4n) is 2.92. The first-order valence-electron chi connectivity index (χ1n) is 7.79. The van der Waals surface area contributed by atoms with E-state index in [1.165, 1.54) is 17.2 Å². The molecule has 0 spiro atoms. The second-order valence-electron chi connectivity index (χ2n) is 6.21. The van der Waals surface area contributed by atoms with E-state index in [-0.39, 0.29) is 18.5 Å². The highest BCUT2D eigenvalue weighted by Crippen LogP contribution is 2.61. The van der Waals surface area contributed by atoms with Crippen molar-refractivity contribution >= 4 is 47.1 Å². The summed E-state index contributed by atoms with van der Waals surface area (Å²) in [5.74, 6) is 0.170. The summed E-state index contributed by atoms with van der Waals surface area (Å²) in [6, 6.07) is 0. The predicted molar refractivity (Wildman–Crippen MR) is 94.7 cm³/mol. The molecule has 0 saturated carbocycles. The molecule has 2 aliphatic heterocycles. The van der Waals surface area contributed by atoms with Crippen molar-refractivity contribution in [3.05, 3.63) is 12.7 Å². The number of ether oxygens (including phenoxy) is 1. The van der Waals surface area contributed by atoms with E-state index in [9.17, 15) is 0 Å². The molecule has 2 aliphatic rings. The molecule has 1 unspecified atom stereocenters. The lowest BCUT2D eigenvalue weighted by Gasteiger charge is -2.35. The molecule has 0 radical (unpaired) electrons. The van der Waals surface area contributed by atoms with Gasteiger partial charge >= 0.3 is 6.72 Å². The van der Waals surface area contributed by atoms with Crippen LogP contribution in [0.5, 0.6) is 0 Å². The van der Waals surface area contributed by atoms with Crippen LogP contribution < -0.4 is 5.73 Å². The van der Waals surface area contributed by atoms with E-state index in [1.807, 2.05) is 0 Å². The van der Waals surface area contributed by atoms with Crippen LogP contribution >= 0.6 is 18.3 Å². The Kier molecular flexibility index (Phi) is 4.47. The number of halogens is 2. The van der Waals surface area contributed by atoms with E-state index in [0.717, 1.165) is 0 Å². The minimum Gasteiger partial charge on any atom is -0.382 e. The highest BCUT2D eigenvalue weighted by atomic mass is 35.5. The van der Waals surface area contributed by atoms with Crippen LogP contribution in [0.25, 0.3) is 11.2 Å². The Morgan fingerprint density at radius 1 is 1.50 bits per heavy atom. The third-order valence-electron chi connectivity index (χ3n) is 3.97. The number of fused-ring (bicyclic) bond motifs is 2. The Balaban J connectivity index is 1.68. The highest BCUT2D eigenvalue weighted by molar-refractivity contribution is 8.07. The average molecular weight is 424 g/mol. The zero-order valence-corrected chi connectivity index (χ0v) is 16.2. The number of rotatable bonds is 3. The summed E-state index contributed by atoms with van der Waals surface area (Å²) in [5, 5.41) is -2.44. The van der Waals surface area contributed by atoms with Crippen LogP contribution in [0.3, 0.4) is 0 Å². The number of hydrogen-bond acceptors (Lipinski definition) is 9. The SMILES string of the molecule is CC(C)OP1(=S)OC[C@H]2O[C@@H](n3cnc4c(N)ncnc43)[C@](F)(Cl)[C@@H]2O1. The maximum absolute atomic E-state index is 15.5. The van der Waals surface area contributed by atoms with Gasteiger partial charge in [0.05, 0.1) is 19.0 Å². The van der Waals surface area contributed by atoms with E-state index in [2.05, 4.69) is 15.0 Å². The van der Waals surface area contributed by atoms with Crippen molar-refractivity contribution in [2.24, 2.45) is 0 Å². The molecule has 0 aliphatic carbocycles. The summed E-state index contributed by atoms with van der Waals surface area (Å²) < 4.78 is 39.3. The molecule has 0 bridgehead atoms. The maximum atomic E-state index is 15.5. The van der Waals surface area contributed by atoms with Crippen molar-refractivity contribution in [2.75, 3.05) is 12.3 Å². The minimum absolute atomic E-state index is 0.00725. The van der Waals surface area contributed by atoms with Gasteiger partial charge in [-0.05, 0) is 25.7 Å². The van der Waals surface area contributed by atoms with Crippen molar-refractivity contribution in [3.63, 3.8) is 0 Å². The van der Waals surface area contributed by atoms with E-state index >= 15 is 4.39 Å². The summed E-state index contributed by atoms with van der Waals surface area (Å²) in [4.78, 5) is 12.1. The quantitative estimate of drug-likeness (QED) is 0.587. The fraction of sp³-hybridized carbons (Fsp3) is 0.615. The molecular formula is C13H16ClFN5O4PS. The molecule has 2 aromatic rings. The molecule has 142 valence electrons. The second-order valence-corrected chi connectivity index (χ2v) is 9.70. The van der Waals surface area contributed by atoms with Gasteiger partial charge in [0, 0.05) is 0 Å². The lowest BCUT2D eigenvalue weighted by atomic mass is 10.1. The molecule has 0 amide bonds. The first-order chi connectivity index (χ1) is 12.2. The van der Waals surface area contributed by atoms with E-state index in [1.54, 1.807) is 13.8 Å². The number of nitrogens with two attached hydrogens (primary N) is 1. The van der Waals surface area contributed by atoms with Gasteiger partial charge in [-0.1, -0.05) is 11.6 Å². The minimum atomic E-state index is -3.12. The molecule has 9 nitrogen and oxygen atoms in total. The molecule has 13 heteroatoms. The zero-order chi connectivity index (χ0) is 18.7. The van der Waals surface area contributed by atoms with Crippen molar-refractivity contribution in [1.82, 2.24) is 19.5 Å². The Hall–Kier alpha value is -0.940. The Labute approximate surface area is 158 Å². The lowest BCUT2D eigenvalue weighted by Crippen LogP contribution is -2.43. The molecule has 0 aromatic carbocycles. The van der Waals surface area contributed by atoms with Gasteiger partial charge in [0.1, 0.15) is 24.1 Å². The summed E-state index contributed by atoms with van der Waals surface area (Å²) in [7, 11) is 0. The van der Waals surface area contributed by atoms with Gasteiger partial charge in [-0.25, -0.2) is 19.3 Å². The number of nitrogen functional groups attached to an aromatic ring is 1. The second kappa shape index (κ2) is 6.30. The average Bonchev–Trinajstić information content (AvgIpc) is 3.07. The standard InChI is InChI=1S/C13H16ClFN5O4PS/c1-6(2)23-25(26)21-3-7-9(24-25)13(14,15)12(22-7)20-5-19-8-10(16)17-4-18-11(8)20/h4-7,9,12H,3H2,1-2H3,(H2,16,17,18)/t7-,9-,12-,13+,25?/m1/s1. The van der Waals surface area contributed by atoms with Crippen LogP contribution in [0.2, 0.25) is 0 Å². The number of hydrogen-bond donors (Lipinski definition) is 1. The predicted octanol–water partition coefficient (Wildman–Crippen LogP) is 2.28. The van der Waals surface area contributed by atoms with Crippen LogP contribution in [-0.4, -0.2) is 49.6 Å². The fourth-order valence-corrected chi connectivity index (χ4v) is 5.89. The summed E-state index contributed by atoms with van der Waals surface area (Å²) in [6.45, 7) is 0.454. The van der Waals surface area contributed by atoms with Gasteiger partial charge in [-0.15, -0.1) is 0 Å². The molecule has 2 saturated heterocycles. The molecular weight excluding hydrogens is 408 g/mol. The Bertz CT molecular complexity index is 899. The maximum Gasteiger partial charge on any atom is 0.328 e. The lowest BCUT2D eigenvalue weighted by molar-refractivity contribution is -0.0635. The highest BCUT2D eigenvalue weighted by Gasteiger charge is 2.62. The first-order valence-corrected chi connectivity index (χ1v) is 10.7. The smallest absolute Gasteiger partial charge is 0.328 e. The van der Waals surface area contributed by atoms with Crippen LogP contribution in [-0.2, 0) is 30.1 Å². The Morgan fingerprint density at radius 3 is 3.00 bits per heavy atom. The largest absolute Gasteiger partial charge is 0.382 e. The van der Waals surface area contributed by atoms with Crippen LogP contribution in [0, 0.1) is 0 Å². The van der Waals surface area contributed by atoms with Crippen LogP contribution in [0.1, 0.15) is 20.1 Å². The number of alkyl halides is 2. The summed E-state index contributed by atoms with van der Waals surface area (Å²) in [6.07, 6.45) is -0.826. The normalized spacial score (nSPS) is 37.3. The summed E-state index contributed by atoms with van der Waals surface area (Å²) >= 11 is 11.5. The molecule has 4 rings (SSSR count). The number of nitrogens with zero attached hydrogens (tertiary/aromatic N) is 4. The first kappa shape index (κ1) is 18.4. The van der Waals surface area contributed by atoms with E-state index in [0.29, 0.717) is 11.2 Å². The van der Waals surface area contributed by atoms with E-state index < -0.39 is 30.3 Å². The molecule has 2 N–H and O–H groups in total. The van der Waals surface area contributed by atoms with E-state index in [4.69, 9.17) is 47.4 Å². The monoisotopic (exact) mass is 423 g/mol. The van der Waals surface area contributed by atoms with Gasteiger partial charge in [0.2, 0.25) is 0 Å². The van der Waals surface area contributed by atoms with Gasteiger partial charge in [0.15, 0.2) is 17.7 Å². The zero-order valence-electron chi connectivity index (χ0n) is 13.8. The molecule has 4 heterocycles. The number of imidazole rings is 1. The molecule has 2 fully saturated rings. The summed E-state index contributed by atoms with van der Waals surface area (Å²) in [5.41, 5.74) is 6.39. The molecule has 26 heavy (non-hydrogen) atoms. The number of anilines is 1. The van der Waals surface area contributed by atoms with Gasteiger partial charge in [-0.2, -0.15) is 0 Å². The topological polar surface area (TPSA) is 107 Å². The Morgan fingerprint density at radius 2 is 2.27 bits per heavy atom. The van der Waals surface area contributed by atoms with Gasteiger partial charge in [-0.3, -0.25) is 9.09 Å². The van der Waals surface area contributed by atoms with Gasteiger partial charge in [0.25, 0.3) is 5.13 Å². The number of aromatic nitrogens is 4. The van der Waals surface area contributed by atoms with Crippen molar-refractivity contribution in [3.8, 4) is 0 Å².